The summed E-state index contributed by atoms with van der Waals surface area (Å²) < 4.78 is 10.7. The lowest BCUT2D eigenvalue weighted by Gasteiger charge is -2.36. The molecule has 0 saturated carbocycles. The van der Waals surface area contributed by atoms with Crippen LogP contribution >= 0.6 is 0 Å². The van der Waals surface area contributed by atoms with Gasteiger partial charge in [-0.05, 0) is 31.5 Å². The number of hydrogen-bond donors (Lipinski definition) is 4. The first-order valence-electron chi connectivity index (χ1n) is 11.7. The molecule has 2 unspecified atom stereocenters. The molecule has 0 aromatic heterocycles. The summed E-state index contributed by atoms with van der Waals surface area (Å²) in [6, 6.07) is 10.6. The molecule has 4 N–H and O–H groups in total. The third kappa shape index (κ3) is 5.10. The van der Waals surface area contributed by atoms with Gasteiger partial charge in [-0.2, -0.15) is 5.10 Å². The number of carbonyl (C=O) groups excluding carboxylic acids is 2. The predicted molar refractivity (Wildman–Crippen MR) is 138 cm³/mol. The number of carbonyl (C=O) groups is 2. The highest BCUT2D eigenvalue weighted by molar-refractivity contribution is 6.14. The molecular weight excluding hydrogens is 462 g/mol. The third-order valence-electron chi connectivity index (χ3n) is 6.44. The maximum atomic E-state index is 13.5. The molecule has 2 aliphatic heterocycles. The SMILES string of the molecule is COc1cc2c(cc1OC)C(=O)NC(N1CCC(C)N(C(=O)c3ccccc3N/N=C\C=N)CC1)N2. The largest absolute Gasteiger partial charge is 0.493 e. The molecule has 2 aromatic carbocycles. The van der Waals surface area contributed by atoms with Crippen molar-refractivity contribution in [2.75, 3.05) is 44.6 Å². The fraction of sp³-hybridized carbons (Fsp3) is 0.360. The zero-order chi connectivity index (χ0) is 25.7. The number of anilines is 2. The van der Waals surface area contributed by atoms with Crippen molar-refractivity contribution in [3.63, 3.8) is 0 Å². The van der Waals surface area contributed by atoms with E-state index in [-0.39, 0.29) is 17.9 Å². The second-order valence-corrected chi connectivity index (χ2v) is 8.55. The van der Waals surface area contributed by atoms with Crippen molar-refractivity contribution in [2.24, 2.45) is 5.10 Å². The highest BCUT2D eigenvalue weighted by Gasteiger charge is 2.33. The number of methoxy groups -OCH3 is 2. The number of para-hydroxylation sites is 1. The molecule has 2 atom stereocenters. The van der Waals surface area contributed by atoms with Crippen molar-refractivity contribution in [2.45, 2.75) is 25.7 Å². The number of hydrazone groups is 1. The Hall–Kier alpha value is -4.12. The molecule has 11 nitrogen and oxygen atoms in total. The van der Waals surface area contributed by atoms with Crippen LogP contribution in [0.3, 0.4) is 0 Å². The van der Waals surface area contributed by atoms with Crippen LogP contribution in [0, 0.1) is 5.41 Å². The van der Waals surface area contributed by atoms with Gasteiger partial charge in [-0.1, -0.05) is 12.1 Å². The van der Waals surface area contributed by atoms with Crippen LogP contribution < -0.4 is 25.5 Å². The van der Waals surface area contributed by atoms with Gasteiger partial charge in [0.2, 0.25) is 0 Å². The lowest BCUT2D eigenvalue weighted by Crippen LogP contribution is -2.56. The minimum Gasteiger partial charge on any atom is -0.493 e. The van der Waals surface area contributed by atoms with Gasteiger partial charge in [0, 0.05) is 38.0 Å². The summed E-state index contributed by atoms with van der Waals surface area (Å²) in [4.78, 5) is 30.4. The van der Waals surface area contributed by atoms with E-state index in [0.717, 1.165) is 12.6 Å². The van der Waals surface area contributed by atoms with Gasteiger partial charge in [-0.3, -0.25) is 19.9 Å². The second-order valence-electron chi connectivity index (χ2n) is 8.55. The number of nitrogens with zero attached hydrogens (tertiary/aromatic N) is 3. The van der Waals surface area contributed by atoms with E-state index in [9.17, 15) is 9.59 Å². The molecule has 0 bridgehead atoms. The van der Waals surface area contributed by atoms with Crippen LogP contribution in [-0.2, 0) is 0 Å². The van der Waals surface area contributed by atoms with Crippen molar-refractivity contribution < 1.29 is 19.1 Å². The molecule has 1 saturated heterocycles. The lowest BCUT2D eigenvalue weighted by atomic mass is 10.1. The normalized spacial score (nSPS) is 20.1. The Bertz CT molecular complexity index is 1170. The van der Waals surface area contributed by atoms with E-state index in [1.54, 1.807) is 31.4 Å². The van der Waals surface area contributed by atoms with Crippen LogP contribution in [-0.4, -0.2) is 80.2 Å². The Morgan fingerprint density at radius 2 is 1.89 bits per heavy atom. The Balaban J connectivity index is 1.49. The highest BCUT2D eigenvalue weighted by atomic mass is 16.5. The number of nitrogens with one attached hydrogen (secondary N) is 4. The standard InChI is InChI=1S/C25H31N7O4/c1-16-8-11-31(25-28-20-15-22(36-3)21(35-2)14-18(20)23(33)29-25)12-13-32(16)24(34)17-6-4-5-7-19(17)30-27-10-9-26/h4-7,9-10,14-16,25-26,28,30H,8,11-13H2,1-3H3,(H,29,33)/b26-9?,27-10-. The molecule has 190 valence electrons. The van der Waals surface area contributed by atoms with E-state index < -0.39 is 6.29 Å². The van der Waals surface area contributed by atoms with Crippen LogP contribution in [0.1, 0.15) is 34.1 Å². The van der Waals surface area contributed by atoms with E-state index in [4.69, 9.17) is 14.9 Å². The molecule has 0 radical (unpaired) electrons. The monoisotopic (exact) mass is 493 g/mol. The Labute approximate surface area is 209 Å². The van der Waals surface area contributed by atoms with Crippen LogP contribution in [0.2, 0.25) is 0 Å². The molecule has 11 heteroatoms. The first kappa shape index (κ1) is 25.0. The molecule has 2 amide bonds. The van der Waals surface area contributed by atoms with Gasteiger partial charge in [0.15, 0.2) is 17.8 Å². The van der Waals surface area contributed by atoms with Gasteiger partial charge >= 0.3 is 0 Å². The van der Waals surface area contributed by atoms with E-state index in [0.29, 0.717) is 53.6 Å². The van der Waals surface area contributed by atoms with Gasteiger partial charge in [-0.25, -0.2) is 0 Å². The van der Waals surface area contributed by atoms with Gasteiger partial charge in [0.1, 0.15) is 0 Å². The van der Waals surface area contributed by atoms with E-state index in [1.165, 1.54) is 13.3 Å². The molecule has 2 heterocycles. The predicted octanol–water partition coefficient (Wildman–Crippen LogP) is 2.43. The first-order chi connectivity index (χ1) is 17.5. The van der Waals surface area contributed by atoms with Gasteiger partial charge in [0.05, 0.1) is 42.9 Å². The number of ether oxygens (including phenoxy) is 2. The van der Waals surface area contributed by atoms with Crippen LogP contribution in [0.25, 0.3) is 0 Å². The fourth-order valence-electron chi connectivity index (χ4n) is 4.46. The van der Waals surface area contributed by atoms with Crippen LogP contribution in [0.15, 0.2) is 41.5 Å². The minimum atomic E-state index is -0.422. The second kappa shape index (κ2) is 11.1. The summed E-state index contributed by atoms with van der Waals surface area (Å²) in [5, 5.41) is 17.4. The number of hydrogen-bond acceptors (Lipinski definition) is 9. The molecule has 4 rings (SSSR count). The minimum absolute atomic E-state index is 0.00318. The third-order valence-corrected chi connectivity index (χ3v) is 6.44. The Kier molecular flexibility index (Phi) is 7.69. The van der Waals surface area contributed by atoms with E-state index in [1.807, 2.05) is 24.0 Å². The average Bonchev–Trinajstić information content (AvgIpc) is 3.09. The zero-order valence-electron chi connectivity index (χ0n) is 20.6. The van der Waals surface area contributed by atoms with Crippen molar-refractivity contribution in [3.8, 4) is 11.5 Å². The van der Waals surface area contributed by atoms with Crippen molar-refractivity contribution >= 4 is 35.6 Å². The molecule has 36 heavy (non-hydrogen) atoms. The maximum Gasteiger partial charge on any atom is 0.256 e. The van der Waals surface area contributed by atoms with E-state index >= 15 is 0 Å². The number of fused-ring (bicyclic) bond motifs is 1. The van der Waals surface area contributed by atoms with Gasteiger partial charge in [-0.15, -0.1) is 0 Å². The van der Waals surface area contributed by atoms with Crippen molar-refractivity contribution in [1.29, 1.82) is 5.41 Å². The summed E-state index contributed by atoms with van der Waals surface area (Å²) in [6.07, 6.45) is 2.68. The maximum absolute atomic E-state index is 13.5. The number of benzene rings is 2. The quantitative estimate of drug-likeness (QED) is 0.344. The molecule has 2 aromatic rings. The van der Waals surface area contributed by atoms with Crippen LogP contribution in [0.4, 0.5) is 11.4 Å². The Morgan fingerprint density at radius 3 is 2.64 bits per heavy atom. The van der Waals surface area contributed by atoms with Gasteiger partial charge < -0.3 is 30.4 Å². The zero-order valence-corrected chi connectivity index (χ0v) is 20.6. The summed E-state index contributed by atoms with van der Waals surface area (Å²) in [5.74, 6) is 0.726. The molecule has 0 spiro atoms. The summed E-state index contributed by atoms with van der Waals surface area (Å²) in [7, 11) is 3.09. The van der Waals surface area contributed by atoms with Crippen molar-refractivity contribution in [1.82, 2.24) is 15.1 Å². The fourth-order valence-corrected chi connectivity index (χ4v) is 4.46. The lowest BCUT2D eigenvalue weighted by molar-refractivity contribution is 0.0694. The topological polar surface area (TPSA) is 131 Å². The summed E-state index contributed by atoms with van der Waals surface area (Å²) in [5.41, 5.74) is 5.08. The van der Waals surface area contributed by atoms with E-state index in [2.05, 4.69) is 26.1 Å². The van der Waals surface area contributed by atoms with Gasteiger partial charge in [0.25, 0.3) is 11.8 Å². The number of rotatable bonds is 7. The molecule has 1 fully saturated rings. The smallest absolute Gasteiger partial charge is 0.256 e. The average molecular weight is 494 g/mol. The Morgan fingerprint density at radius 1 is 1.14 bits per heavy atom. The number of amides is 2. The van der Waals surface area contributed by atoms with Crippen LogP contribution in [0.5, 0.6) is 11.5 Å². The summed E-state index contributed by atoms with van der Waals surface area (Å²) >= 11 is 0. The molecule has 0 aliphatic carbocycles. The molecular formula is C25H31N7O4. The first-order valence-corrected chi connectivity index (χ1v) is 11.7. The summed E-state index contributed by atoms with van der Waals surface area (Å²) in [6.45, 7) is 3.78. The highest BCUT2D eigenvalue weighted by Crippen LogP contribution is 2.35. The molecule has 2 aliphatic rings. The van der Waals surface area contributed by atoms with Crippen molar-refractivity contribution in [3.05, 3.63) is 47.5 Å².